The molecule has 1 unspecified atom stereocenters. The maximum absolute atomic E-state index is 13.9. The number of aromatic nitrogens is 1. The first-order valence-corrected chi connectivity index (χ1v) is 13.0. The van der Waals surface area contributed by atoms with Crippen LogP contribution >= 0.6 is 11.3 Å². The smallest absolute Gasteiger partial charge is 0.301 e. The van der Waals surface area contributed by atoms with Crippen LogP contribution in [-0.2, 0) is 9.59 Å². The summed E-state index contributed by atoms with van der Waals surface area (Å²) in [6, 6.07) is 11.6. The van der Waals surface area contributed by atoms with E-state index >= 15 is 0 Å². The van der Waals surface area contributed by atoms with Crippen molar-refractivity contribution in [2.75, 3.05) is 11.5 Å². The van der Waals surface area contributed by atoms with Crippen LogP contribution in [0.15, 0.2) is 60.2 Å². The number of thiazole rings is 1. The molecule has 0 spiro atoms. The van der Waals surface area contributed by atoms with Crippen molar-refractivity contribution in [3.05, 3.63) is 88.5 Å². The summed E-state index contributed by atoms with van der Waals surface area (Å²) in [4.78, 5) is 32.1. The number of fused-ring (bicyclic) bond motifs is 1. The highest BCUT2D eigenvalue weighted by Gasteiger charge is 2.48. The lowest BCUT2D eigenvalue weighted by Crippen LogP contribution is -2.29. The van der Waals surface area contributed by atoms with E-state index in [1.807, 2.05) is 20.8 Å². The van der Waals surface area contributed by atoms with Gasteiger partial charge in [-0.3, -0.25) is 14.5 Å². The van der Waals surface area contributed by atoms with E-state index in [2.05, 4.69) is 4.98 Å². The number of Topliss-reactive ketones (excluding diaryl/α,β-unsaturated/α-hetero) is 1. The van der Waals surface area contributed by atoms with Crippen molar-refractivity contribution < 1.29 is 33.3 Å². The fourth-order valence-electron chi connectivity index (χ4n) is 4.39. The third-order valence-electron chi connectivity index (χ3n) is 6.30. The molecule has 1 fully saturated rings. The maximum Gasteiger partial charge on any atom is 0.301 e. The van der Waals surface area contributed by atoms with Gasteiger partial charge in [-0.05, 0) is 60.4 Å². The highest BCUT2D eigenvalue weighted by molar-refractivity contribution is 7.22. The summed E-state index contributed by atoms with van der Waals surface area (Å²) in [5.74, 6) is -3.54. The molecule has 10 heteroatoms. The Morgan fingerprint density at radius 2 is 1.77 bits per heavy atom. The summed E-state index contributed by atoms with van der Waals surface area (Å²) >= 11 is 0.911. The van der Waals surface area contributed by atoms with Crippen molar-refractivity contribution in [1.82, 2.24) is 4.98 Å². The molecule has 1 saturated heterocycles. The number of aryl methyl sites for hydroxylation is 1. The molecule has 5 rings (SSSR count). The second-order valence-electron chi connectivity index (χ2n) is 9.68. The molecule has 0 aliphatic carbocycles. The number of halogens is 2. The molecule has 2 heterocycles. The predicted molar refractivity (Wildman–Crippen MR) is 144 cm³/mol. The van der Waals surface area contributed by atoms with E-state index in [0.717, 1.165) is 33.9 Å². The molecule has 3 aromatic carbocycles. The van der Waals surface area contributed by atoms with Gasteiger partial charge in [0.05, 0.1) is 28.4 Å². The van der Waals surface area contributed by atoms with Gasteiger partial charge in [0, 0.05) is 11.6 Å². The van der Waals surface area contributed by atoms with Gasteiger partial charge in [-0.2, -0.15) is 0 Å². The zero-order chi connectivity index (χ0) is 28.0. The zero-order valence-electron chi connectivity index (χ0n) is 21.2. The van der Waals surface area contributed by atoms with Crippen LogP contribution < -0.4 is 9.64 Å². The number of nitrogens with zero attached hydrogens (tertiary/aromatic N) is 2. The average Bonchev–Trinajstić information content (AvgIpc) is 3.40. The third-order valence-corrected chi connectivity index (χ3v) is 7.32. The molecule has 0 saturated carbocycles. The van der Waals surface area contributed by atoms with Crippen LogP contribution in [0.2, 0.25) is 0 Å². The number of carbonyl (C=O) groups is 2. The van der Waals surface area contributed by atoms with Crippen molar-refractivity contribution in [1.29, 1.82) is 0 Å². The summed E-state index contributed by atoms with van der Waals surface area (Å²) in [5.41, 5.74) is 1.38. The lowest BCUT2D eigenvalue weighted by Gasteiger charge is -2.23. The van der Waals surface area contributed by atoms with E-state index < -0.39 is 35.1 Å². The van der Waals surface area contributed by atoms with E-state index in [1.165, 1.54) is 24.3 Å². The Labute approximate surface area is 226 Å². The van der Waals surface area contributed by atoms with Gasteiger partial charge >= 0.3 is 5.91 Å². The number of hydrogen-bond acceptors (Lipinski definition) is 7. The van der Waals surface area contributed by atoms with Crippen molar-refractivity contribution in [2.24, 2.45) is 5.92 Å². The minimum Gasteiger partial charge on any atom is -0.508 e. The van der Waals surface area contributed by atoms with E-state index in [1.54, 1.807) is 18.2 Å². The number of phenols is 1. The van der Waals surface area contributed by atoms with Gasteiger partial charge in [-0.25, -0.2) is 13.8 Å². The highest BCUT2D eigenvalue weighted by Crippen LogP contribution is 2.45. The van der Waals surface area contributed by atoms with Crippen LogP contribution in [0.25, 0.3) is 16.0 Å². The van der Waals surface area contributed by atoms with E-state index in [0.29, 0.717) is 29.4 Å². The van der Waals surface area contributed by atoms with Gasteiger partial charge in [-0.1, -0.05) is 37.3 Å². The topological polar surface area (TPSA) is 100.0 Å². The zero-order valence-corrected chi connectivity index (χ0v) is 22.1. The van der Waals surface area contributed by atoms with Gasteiger partial charge in [-0.15, -0.1) is 0 Å². The Hall–Kier alpha value is -4.31. The first kappa shape index (κ1) is 26.3. The molecule has 1 aliphatic heterocycles. The Bertz CT molecular complexity index is 1610. The van der Waals surface area contributed by atoms with Gasteiger partial charge in [0.2, 0.25) is 0 Å². The number of phenolic OH excluding ortho intramolecular Hbond substituents is 1. The summed E-state index contributed by atoms with van der Waals surface area (Å²) in [5, 5.41) is 21.2. The number of benzene rings is 3. The van der Waals surface area contributed by atoms with Crippen molar-refractivity contribution >= 4 is 44.1 Å². The monoisotopic (exact) mass is 550 g/mol. The normalized spacial score (nSPS) is 17.0. The molecule has 1 aliphatic rings. The Kier molecular flexibility index (Phi) is 6.82. The van der Waals surface area contributed by atoms with Crippen LogP contribution in [0.1, 0.15) is 36.6 Å². The largest absolute Gasteiger partial charge is 0.508 e. The fourth-order valence-corrected chi connectivity index (χ4v) is 5.39. The van der Waals surface area contributed by atoms with Gasteiger partial charge in [0.15, 0.2) is 16.8 Å². The Balaban J connectivity index is 1.65. The van der Waals surface area contributed by atoms with Gasteiger partial charge < -0.3 is 14.9 Å². The number of amides is 1. The number of hydrogen-bond donors (Lipinski definition) is 2. The minimum atomic E-state index is -1.11. The minimum absolute atomic E-state index is 0.0304. The molecule has 0 bridgehead atoms. The third kappa shape index (κ3) is 4.83. The Morgan fingerprint density at radius 1 is 1.08 bits per heavy atom. The van der Waals surface area contributed by atoms with Gasteiger partial charge in [0.1, 0.15) is 17.3 Å². The molecular formula is C29H24F2N2O5S. The average molecular weight is 551 g/mol. The molecular weight excluding hydrogens is 526 g/mol. The van der Waals surface area contributed by atoms with Crippen molar-refractivity contribution in [2.45, 2.75) is 26.8 Å². The predicted octanol–water partition coefficient (Wildman–Crippen LogP) is 6.25. The number of rotatable bonds is 6. The molecule has 4 aromatic rings. The van der Waals surface area contributed by atoms with E-state index in [4.69, 9.17) is 4.74 Å². The summed E-state index contributed by atoms with van der Waals surface area (Å²) in [6.45, 7) is 6.36. The summed E-state index contributed by atoms with van der Waals surface area (Å²) in [6.07, 6.45) is 0. The summed E-state index contributed by atoms with van der Waals surface area (Å²) < 4.78 is 33.8. The molecule has 2 N–H and O–H groups in total. The quantitative estimate of drug-likeness (QED) is 0.167. The maximum atomic E-state index is 13.9. The molecule has 1 amide bonds. The number of anilines is 1. The number of aromatic hydroxyl groups is 1. The van der Waals surface area contributed by atoms with E-state index in [-0.39, 0.29) is 26.7 Å². The fraction of sp³-hybridized carbons (Fsp3) is 0.207. The molecule has 39 heavy (non-hydrogen) atoms. The number of aliphatic hydroxyl groups excluding tert-OH is 1. The number of ketones is 1. The lowest BCUT2D eigenvalue weighted by molar-refractivity contribution is -0.132. The van der Waals surface area contributed by atoms with Crippen LogP contribution in [0.4, 0.5) is 13.9 Å². The van der Waals surface area contributed by atoms with Crippen LogP contribution in [0.5, 0.6) is 11.5 Å². The summed E-state index contributed by atoms with van der Waals surface area (Å²) in [7, 11) is 0. The number of carbonyl (C=O) groups excluding carboxylic acids is 2. The first-order chi connectivity index (χ1) is 18.5. The second kappa shape index (κ2) is 10.1. The van der Waals surface area contributed by atoms with Crippen LogP contribution in [0.3, 0.4) is 0 Å². The van der Waals surface area contributed by atoms with E-state index in [9.17, 15) is 28.6 Å². The van der Waals surface area contributed by atoms with Gasteiger partial charge in [0.25, 0.3) is 5.78 Å². The number of aliphatic hydroxyl groups is 1. The number of ether oxygens (including phenoxy) is 1. The van der Waals surface area contributed by atoms with Crippen LogP contribution in [0, 0.1) is 24.5 Å². The lowest BCUT2D eigenvalue weighted by atomic mass is 9.95. The highest BCUT2D eigenvalue weighted by atomic mass is 32.1. The standard InChI is InChI=1S/C29H24F2N2O5S/c1-14(2)13-38-22-9-6-17(10-15(22)3)26(35)24-25(16-4-7-18(34)8-5-16)33(28(37)27(24)36)29-32-21-11-19(30)20(31)12-23(21)39-29/h4-12,14,25,34-35H,13H2,1-3H3/b26-24+. The first-order valence-electron chi connectivity index (χ1n) is 12.1. The van der Waals surface area contributed by atoms with Crippen LogP contribution in [-0.4, -0.2) is 33.5 Å². The second-order valence-corrected chi connectivity index (χ2v) is 10.7. The van der Waals surface area contributed by atoms with Crippen molar-refractivity contribution in [3.63, 3.8) is 0 Å². The Morgan fingerprint density at radius 3 is 2.44 bits per heavy atom. The molecule has 1 atom stereocenters. The van der Waals surface area contributed by atoms with Crippen molar-refractivity contribution in [3.8, 4) is 11.5 Å². The SMILES string of the molecule is Cc1cc(/C(O)=C2\C(=O)C(=O)N(c3nc4cc(F)c(F)cc4s3)C2c2ccc(O)cc2)ccc1OCC(C)C. The molecule has 1 aromatic heterocycles. The molecule has 0 radical (unpaired) electrons. The molecule has 200 valence electrons. The molecule has 7 nitrogen and oxygen atoms in total.